The van der Waals surface area contributed by atoms with Gasteiger partial charge in [0.15, 0.2) is 0 Å². The Bertz CT molecular complexity index is 861. The van der Waals surface area contributed by atoms with Crippen LogP contribution >= 0.6 is 11.8 Å². The summed E-state index contributed by atoms with van der Waals surface area (Å²) in [7, 11) is 0. The Morgan fingerprint density at radius 3 is 2.65 bits per heavy atom. The molecule has 0 aliphatic rings. The van der Waals surface area contributed by atoms with Gasteiger partial charge in [-0.3, -0.25) is 4.79 Å². The fourth-order valence-corrected chi connectivity index (χ4v) is 3.56. The van der Waals surface area contributed by atoms with Gasteiger partial charge in [-0.2, -0.15) is 0 Å². The third-order valence-corrected chi connectivity index (χ3v) is 5.14. The summed E-state index contributed by atoms with van der Waals surface area (Å²) in [6.07, 6.45) is 3.96. The summed E-state index contributed by atoms with van der Waals surface area (Å²) in [5.41, 5.74) is 3.18. The van der Waals surface area contributed by atoms with Crippen LogP contribution in [-0.2, 0) is 11.2 Å². The van der Waals surface area contributed by atoms with Crippen LogP contribution in [0.1, 0.15) is 31.7 Å². The third-order valence-electron chi connectivity index (χ3n) is 4.21. The minimum absolute atomic E-state index is 0.0413. The number of amides is 1. The zero-order chi connectivity index (χ0) is 18.2. The second-order valence-corrected chi connectivity index (χ2v) is 7.40. The summed E-state index contributed by atoms with van der Waals surface area (Å²) < 4.78 is 0. The van der Waals surface area contributed by atoms with E-state index in [1.54, 1.807) is 11.8 Å². The minimum atomic E-state index is 0.0413. The van der Waals surface area contributed by atoms with Crippen molar-refractivity contribution >= 4 is 34.3 Å². The number of hydrogen-bond acceptors (Lipinski definition) is 3. The van der Waals surface area contributed by atoms with Crippen molar-refractivity contribution in [2.75, 3.05) is 11.1 Å². The van der Waals surface area contributed by atoms with Crippen LogP contribution < -0.4 is 5.32 Å². The molecule has 0 fully saturated rings. The molecule has 3 nitrogen and oxygen atoms in total. The molecule has 1 N–H and O–H groups in total. The first-order valence-electron chi connectivity index (χ1n) is 9.12. The maximum atomic E-state index is 12.1. The molecule has 0 aliphatic heterocycles. The second kappa shape index (κ2) is 9.39. The van der Waals surface area contributed by atoms with E-state index in [2.05, 4.69) is 41.5 Å². The number of anilines is 1. The topological polar surface area (TPSA) is 42.0 Å². The van der Waals surface area contributed by atoms with E-state index in [1.807, 2.05) is 36.4 Å². The highest BCUT2D eigenvalue weighted by molar-refractivity contribution is 7.99. The van der Waals surface area contributed by atoms with Crippen molar-refractivity contribution in [3.63, 3.8) is 0 Å². The average Bonchev–Trinajstić information content (AvgIpc) is 2.67. The van der Waals surface area contributed by atoms with Crippen LogP contribution in [0.25, 0.3) is 10.9 Å². The smallest absolute Gasteiger partial charge is 0.225 e. The summed E-state index contributed by atoms with van der Waals surface area (Å²) in [6.45, 7) is 2.19. The Labute approximate surface area is 159 Å². The van der Waals surface area contributed by atoms with Crippen molar-refractivity contribution < 1.29 is 4.79 Å². The Balaban J connectivity index is 1.46. The lowest BCUT2D eigenvalue weighted by Crippen LogP contribution is -2.12. The lowest BCUT2D eigenvalue weighted by molar-refractivity contribution is -0.115. The lowest BCUT2D eigenvalue weighted by Gasteiger charge is -2.07. The predicted octanol–water partition coefficient (Wildman–Crippen LogP) is 5.70. The number of nitrogens with zero attached hydrogens (tertiary/aromatic N) is 1. The predicted molar refractivity (Wildman–Crippen MR) is 111 cm³/mol. The molecule has 0 saturated carbocycles. The van der Waals surface area contributed by atoms with Crippen molar-refractivity contribution in [2.45, 2.75) is 37.6 Å². The number of benzene rings is 2. The van der Waals surface area contributed by atoms with Crippen molar-refractivity contribution in [3.05, 3.63) is 66.2 Å². The summed E-state index contributed by atoms with van der Waals surface area (Å²) in [6, 6.07) is 20.3. The number of aryl methyl sites for hydroxylation is 1. The van der Waals surface area contributed by atoms with Gasteiger partial charge in [-0.15, -0.1) is 11.8 Å². The Kier molecular flexibility index (Phi) is 6.67. The number of thioether (sulfide) groups is 1. The van der Waals surface area contributed by atoms with Gasteiger partial charge in [0, 0.05) is 23.2 Å². The van der Waals surface area contributed by atoms with E-state index in [1.165, 1.54) is 18.4 Å². The normalized spacial score (nSPS) is 10.8. The number of carbonyl (C=O) groups is 1. The van der Waals surface area contributed by atoms with Crippen LogP contribution in [0.4, 0.5) is 5.69 Å². The number of para-hydroxylation sites is 1. The number of hydrogen-bond donors (Lipinski definition) is 1. The standard InChI is InChI=1S/C22H24N2OS/c1-2-3-6-17-9-12-19(13-10-17)23-21(25)15-16-26-22-14-11-18-7-4-5-8-20(18)24-22/h4-5,7-14H,2-3,6,15-16H2,1H3,(H,23,25). The number of rotatable bonds is 8. The van der Waals surface area contributed by atoms with E-state index >= 15 is 0 Å². The van der Waals surface area contributed by atoms with E-state index in [9.17, 15) is 4.79 Å². The molecule has 0 spiro atoms. The Hall–Kier alpha value is -2.33. The van der Waals surface area contributed by atoms with Gasteiger partial charge in [0.25, 0.3) is 0 Å². The fraction of sp³-hybridized carbons (Fsp3) is 0.273. The number of fused-ring (bicyclic) bond motifs is 1. The molecular formula is C22H24N2OS. The second-order valence-electron chi connectivity index (χ2n) is 6.29. The lowest BCUT2D eigenvalue weighted by atomic mass is 10.1. The zero-order valence-electron chi connectivity index (χ0n) is 15.1. The van der Waals surface area contributed by atoms with E-state index < -0.39 is 0 Å². The SMILES string of the molecule is CCCCc1ccc(NC(=O)CCSc2ccc3ccccc3n2)cc1. The number of unbranched alkanes of at least 4 members (excludes halogenated alkanes) is 1. The molecule has 0 aliphatic carbocycles. The number of nitrogens with one attached hydrogen (secondary N) is 1. The molecule has 4 heteroatoms. The Morgan fingerprint density at radius 1 is 1.04 bits per heavy atom. The van der Waals surface area contributed by atoms with Crippen LogP contribution in [0.5, 0.6) is 0 Å². The molecule has 0 atom stereocenters. The summed E-state index contributed by atoms with van der Waals surface area (Å²) >= 11 is 1.61. The average molecular weight is 365 g/mol. The van der Waals surface area contributed by atoms with Crippen molar-refractivity contribution in [1.82, 2.24) is 4.98 Å². The highest BCUT2D eigenvalue weighted by atomic mass is 32.2. The van der Waals surface area contributed by atoms with Crippen LogP contribution in [0, 0.1) is 0 Å². The summed E-state index contributed by atoms with van der Waals surface area (Å²) in [4.78, 5) is 16.7. The highest BCUT2D eigenvalue weighted by Gasteiger charge is 2.05. The molecule has 26 heavy (non-hydrogen) atoms. The van der Waals surface area contributed by atoms with Crippen LogP contribution in [0.3, 0.4) is 0 Å². The van der Waals surface area contributed by atoms with Crippen LogP contribution in [0.15, 0.2) is 65.7 Å². The van der Waals surface area contributed by atoms with Gasteiger partial charge in [0.2, 0.25) is 5.91 Å². The first-order chi connectivity index (χ1) is 12.7. The van der Waals surface area contributed by atoms with E-state index in [0.717, 1.165) is 28.0 Å². The first kappa shape index (κ1) is 18.5. The third kappa shape index (κ3) is 5.33. The molecule has 134 valence electrons. The zero-order valence-corrected chi connectivity index (χ0v) is 15.9. The quantitative estimate of drug-likeness (QED) is 0.521. The van der Waals surface area contributed by atoms with Gasteiger partial charge in [0.05, 0.1) is 10.5 Å². The van der Waals surface area contributed by atoms with Gasteiger partial charge < -0.3 is 5.32 Å². The minimum Gasteiger partial charge on any atom is -0.326 e. The molecule has 0 saturated heterocycles. The van der Waals surface area contributed by atoms with Gasteiger partial charge in [0.1, 0.15) is 0 Å². The Morgan fingerprint density at radius 2 is 1.85 bits per heavy atom. The molecule has 1 heterocycles. The molecule has 3 rings (SSSR count). The van der Waals surface area contributed by atoms with Crippen molar-refractivity contribution in [1.29, 1.82) is 0 Å². The fourth-order valence-electron chi connectivity index (χ4n) is 2.74. The van der Waals surface area contributed by atoms with Crippen LogP contribution in [-0.4, -0.2) is 16.6 Å². The van der Waals surface area contributed by atoms with E-state index in [0.29, 0.717) is 12.2 Å². The molecule has 1 aromatic heterocycles. The molecule has 0 radical (unpaired) electrons. The highest BCUT2D eigenvalue weighted by Crippen LogP contribution is 2.21. The maximum absolute atomic E-state index is 12.1. The summed E-state index contributed by atoms with van der Waals surface area (Å²) in [5, 5.41) is 5.06. The van der Waals surface area contributed by atoms with Gasteiger partial charge in [-0.1, -0.05) is 49.7 Å². The van der Waals surface area contributed by atoms with Gasteiger partial charge >= 0.3 is 0 Å². The van der Waals surface area contributed by atoms with E-state index in [-0.39, 0.29) is 5.91 Å². The van der Waals surface area contributed by atoms with Crippen molar-refractivity contribution in [3.8, 4) is 0 Å². The molecule has 3 aromatic rings. The number of pyridine rings is 1. The van der Waals surface area contributed by atoms with Crippen molar-refractivity contribution in [2.24, 2.45) is 0 Å². The first-order valence-corrected chi connectivity index (χ1v) is 10.1. The van der Waals surface area contributed by atoms with Gasteiger partial charge in [-0.25, -0.2) is 4.98 Å². The number of aromatic nitrogens is 1. The molecule has 1 amide bonds. The molecule has 0 bridgehead atoms. The molecule has 2 aromatic carbocycles. The number of carbonyl (C=O) groups excluding carboxylic acids is 1. The maximum Gasteiger partial charge on any atom is 0.225 e. The molecule has 0 unspecified atom stereocenters. The van der Waals surface area contributed by atoms with E-state index in [4.69, 9.17) is 0 Å². The van der Waals surface area contributed by atoms with Gasteiger partial charge in [-0.05, 0) is 42.7 Å². The molecular weight excluding hydrogens is 340 g/mol. The monoisotopic (exact) mass is 364 g/mol. The van der Waals surface area contributed by atoms with Crippen LogP contribution in [0.2, 0.25) is 0 Å². The summed E-state index contributed by atoms with van der Waals surface area (Å²) in [5.74, 6) is 0.755. The largest absolute Gasteiger partial charge is 0.326 e.